The lowest BCUT2D eigenvalue weighted by molar-refractivity contribution is -0.137. The second-order valence-electron chi connectivity index (χ2n) is 8.74. The van der Waals surface area contributed by atoms with Gasteiger partial charge >= 0.3 is 6.18 Å². The fraction of sp³-hybridized carbons (Fsp3) is 0.308. The fourth-order valence-electron chi connectivity index (χ4n) is 4.27. The van der Waals surface area contributed by atoms with Crippen LogP contribution in [0.5, 0.6) is 0 Å². The lowest BCUT2D eigenvalue weighted by atomic mass is 9.82. The maximum absolute atomic E-state index is 13.0. The highest BCUT2D eigenvalue weighted by Gasteiger charge is 2.31. The number of fused-ring (bicyclic) bond motifs is 1. The zero-order chi connectivity index (χ0) is 21.4. The van der Waals surface area contributed by atoms with Crippen molar-refractivity contribution in [2.75, 3.05) is 19.6 Å². The standard InChI is InChI=1S/C26H26F3N.ClH/c1-25(2,23-11-10-19-6-3-4-7-21(19)16-23)18-30-14-12-20(13-15-30)22-8-5-9-24(17-22)26(27,28)29;/h3-12,16-17H,13-15,18H2,1-2H3;1H. The second kappa shape index (κ2) is 9.05. The summed E-state index contributed by atoms with van der Waals surface area (Å²) in [7, 11) is 0. The molecule has 31 heavy (non-hydrogen) atoms. The Hall–Kier alpha value is -2.30. The van der Waals surface area contributed by atoms with Gasteiger partial charge in [-0.2, -0.15) is 13.2 Å². The smallest absolute Gasteiger partial charge is 0.298 e. The Balaban J connectivity index is 0.00000272. The number of rotatable bonds is 4. The predicted octanol–water partition coefficient (Wildman–Crippen LogP) is 7.35. The molecule has 5 heteroatoms. The van der Waals surface area contributed by atoms with Crippen molar-refractivity contribution >= 4 is 28.8 Å². The molecule has 0 spiro atoms. The molecule has 3 aromatic rings. The number of halogens is 4. The summed E-state index contributed by atoms with van der Waals surface area (Å²) in [4.78, 5) is 2.38. The number of hydrogen-bond donors (Lipinski definition) is 0. The van der Waals surface area contributed by atoms with Gasteiger partial charge in [-0.15, -0.1) is 12.4 Å². The number of nitrogens with zero attached hydrogens (tertiary/aromatic N) is 1. The minimum Gasteiger partial charge on any atom is -0.298 e. The van der Waals surface area contributed by atoms with Crippen molar-refractivity contribution in [3.63, 3.8) is 0 Å². The molecule has 1 heterocycles. The number of benzene rings is 3. The van der Waals surface area contributed by atoms with Gasteiger partial charge in [0.2, 0.25) is 0 Å². The van der Waals surface area contributed by atoms with E-state index in [1.165, 1.54) is 28.5 Å². The van der Waals surface area contributed by atoms with E-state index in [4.69, 9.17) is 0 Å². The van der Waals surface area contributed by atoms with E-state index in [0.29, 0.717) is 5.56 Å². The lowest BCUT2D eigenvalue weighted by Crippen LogP contribution is -2.39. The molecular formula is C26H27ClF3N. The highest BCUT2D eigenvalue weighted by Crippen LogP contribution is 2.33. The predicted molar refractivity (Wildman–Crippen MR) is 125 cm³/mol. The van der Waals surface area contributed by atoms with Gasteiger partial charge in [0.1, 0.15) is 0 Å². The molecule has 0 saturated heterocycles. The molecule has 0 unspecified atom stereocenters. The van der Waals surface area contributed by atoms with Crippen molar-refractivity contribution in [2.45, 2.75) is 31.9 Å². The summed E-state index contributed by atoms with van der Waals surface area (Å²) in [6, 6.07) is 20.7. The molecule has 3 aromatic carbocycles. The van der Waals surface area contributed by atoms with Gasteiger partial charge in [-0.05, 0) is 46.0 Å². The Bertz CT molecular complexity index is 1090. The zero-order valence-electron chi connectivity index (χ0n) is 17.7. The molecule has 1 aliphatic heterocycles. The summed E-state index contributed by atoms with van der Waals surface area (Å²) in [5, 5.41) is 2.48. The molecule has 0 atom stereocenters. The molecule has 0 N–H and O–H groups in total. The maximum Gasteiger partial charge on any atom is 0.416 e. The van der Waals surface area contributed by atoms with Gasteiger partial charge in [0.05, 0.1) is 5.56 Å². The Morgan fingerprint density at radius 1 is 0.839 bits per heavy atom. The van der Waals surface area contributed by atoms with Crippen molar-refractivity contribution in [3.8, 4) is 0 Å². The van der Waals surface area contributed by atoms with Crippen LogP contribution in [0.4, 0.5) is 13.2 Å². The summed E-state index contributed by atoms with van der Waals surface area (Å²) in [6.07, 6.45) is -1.47. The molecule has 0 radical (unpaired) electrons. The summed E-state index contributed by atoms with van der Waals surface area (Å²) in [6.45, 7) is 7.01. The summed E-state index contributed by atoms with van der Waals surface area (Å²) >= 11 is 0. The minimum absolute atomic E-state index is 0. The van der Waals surface area contributed by atoms with Crippen molar-refractivity contribution in [1.82, 2.24) is 4.90 Å². The van der Waals surface area contributed by atoms with Gasteiger partial charge in [-0.3, -0.25) is 4.90 Å². The average molecular weight is 446 g/mol. The molecule has 0 aromatic heterocycles. The van der Waals surface area contributed by atoms with E-state index in [-0.39, 0.29) is 17.8 Å². The second-order valence-corrected chi connectivity index (χ2v) is 8.74. The molecule has 1 nitrogen and oxygen atoms in total. The van der Waals surface area contributed by atoms with Gasteiger partial charge in [0.25, 0.3) is 0 Å². The van der Waals surface area contributed by atoms with Gasteiger partial charge in [-0.1, -0.05) is 74.5 Å². The van der Waals surface area contributed by atoms with Gasteiger partial charge < -0.3 is 0 Å². The van der Waals surface area contributed by atoms with E-state index in [1.54, 1.807) is 6.07 Å². The fourth-order valence-corrected chi connectivity index (χ4v) is 4.27. The van der Waals surface area contributed by atoms with Crippen LogP contribution >= 0.6 is 12.4 Å². The Kier molecular flexibility index (Phi) is 6.82. The van der Waals surface area contributed by atoms with Crippen molar-refractivity contribution in [1.29, 1.82) is 0 Å². The largest absolute Gasteiger partial charge is 0.416 e. The number of alkyl halides is 3. The Morgan fingerprint density at radius 3 is 2.26 bits per heavy atom. The van der Waals surface area contributed by atoms with E-state index in [9.17, 15) is 13.2 Å². The van der Waals surface area contributed by atoms with Gasteiger partial charge in [0.15, 0.2) is 0 Å². The maximum atomic E-state index is 13.0. The van der Waals surface area contributed by atoms with Gasteiger partial charge in [0, 0.05) is 25.0 Å². The van der Waals surface area contributed by atoms with Crippen molar-refractivity contribution < 1.29 is 13.2 Å². The summed E-state index contributed by atoms with van der Waals surface area (Å²) in [5.41, 5.74) is 2.37. The zero-order valence-corrected chi connectivity index (χ0v) is 18.6. The van der Waals surface area contributed by atoms with E-state index in [0.717, 1.165) is 37.7 Å². The normalized spacial score (nSPS) is 15.5. The molecule has 164 valence electrons. The first-order chi connectivity index (χ1) is 14.2. The highest BCUT2D eigenvalue weighted by atomic mass is 35.5. The third-order valence-electron chi connectivity index (χ3n) is 6.00. The van der Waals surface area contributed by atoms with E-state index in [2.05, 4.69) is 67.3 Å². The van der Waals surface area contributed by atoms with E-state index < -0.39 is 11.7 Å². The first-order valence-corrected chi connectivity index (χ1v) is 10.3. The third kappa shape index (κ3) is 5.31. The van der Waals surface area contributed by atoms with Crippen LogP contribution in [0.3, 0.4) is 0 Å². The molecule has 4 rings (SSSR count). The lowest BCUT2D eigenvalue weighted by Gasteiger charge is -2.35. The average Bonchev–Trinajstić information content (AvgIpc) is 2.73. The molecule has 0 fully saturated rings. The number of hydrogen-bond acceptors (Lipinski definition) is 1. The molecule has 0 aliphatic carbocycles. The van der Waals surface area contributed by atoms with Crippen LogP contribution in [0.15, 0.2) is 72.8 Å². The van der Waals surface area contributed by atoms with Crippen molar-refractivity contribution in [2.24, 2.45) is 0 Å². The molecule has 0 saturated carbocycles. The molecular weight excluding hydrogens is 419 g/mol. The Labute approximate surface area is 188 Å². The van der Waals surface area contributed by atoms with E-state index >= 15 is 0 Å². The quantitative estimate of drug-likeness (QED) is 0.406. The third-order valence-corrected chi connectivity index (χ3v) is 6.00. The van der Waals surface area contributed by atoms with Crippen LogP contribution in [0.2, 0.25) is 0 Å². The molecule has 0 amide bonds. The Morgan fingerprint density at radius 2 is 1.58 bits per heavy atom. The van der Waals surface area contributed by atoms with Crippen LogP contribution < -0.4 is 0 Å². The SMILES string of the molecule is CC(C)(CN1CC=C(c2cccc(C(F)(F)F)c2)CC1)c1ccc2ccccc2c1.Cl. The molecule has 1 aliphatic rings. The molecule has 0 bridgehead atoms. The van der Waals surface area contributed by atoms with Gasteiger partial charge in [-0.25, -0.2) is 0 Å². The summed E-state index contributed by atoms with van der Waals surface area (Å²) in [5.74, 6) is 0. The summed E-state index contributed by atoms with van der Waals surface area (Å²) < 4.78 is 39.0. The van der Waals surface area contributed by atoms with Crippen LogP contribution in [0.1, 0.15) is 37.0 Å². The van der Waals surface area contributed by atoms with Crippen LogP contribution in [-0.2, 0) is 11.6 Å². The topological polar surface area (TPSA) is 3.24 Å². The monoisotopic (exact) mass is 445 g/mol. The minimum atomic E-state index is -4.30. The van der Waals surface area contributed by atoms with Crippen LogP contribution in [0.25, 0.3) is 16.3 Å². The van der Waals surface area contributed by atoms with E-state index in [1.807, 2.05) is 0 Å². The van der Waals surface area contributed by atoms with Crippen molar-refractivity contribution in [3.05, 3.63) is 89.5 Å². The first kappa shape index (κ1) is 23.4. The van der Waals surface area contributed by atoms with Crippen LogP contribution in [-0.4, -0.2) is 24.5 Å². The highest BCUT2D eigenvalue weighted by molar-refractivity contribution is 5.85. The first-order valence-electron chi connectivity index (χ1n) is 10.3. The van der Waals surface area contributed by atoms with Crippen LogP contribution in [0, 0.1) is 0 Å².